The SMILES string of the molecule is CCCCCC(C)NC(=S)NC1CC1. The highest BCUT2D eigenvalue weighted by atomic mass is 32.1. The van der Waals surface area contributed by atoms with E-state index in [4.69, 9.17) is 12.2 Å². The summed E-state index contributed by atoms with van der Waals surface area (Å²) in [5.41, 5.74) is 0. The highest BCUT2D eigenvalue weighted by Crippen LogP contribution is 2.18. The molecule has 0 spiro atoms. The highest BCUT2D eigenvalue weighted by molar-refractivity contribution is 7.80. The summed E-state index contributed by atoms with van der Waals surface area (Å²) >= 11 is 5.20. The molecular formula is C11H22N2S. The Balaban J connectivity index is 1.99. The second kappa shape index (κ2) is 6.23. The Morgan fingerprint density at radius 1 is 1.43 bits per heavy atom. The van der Waals surface area contributed by atoms with Crippen LogP contribution in [0.15, 0.2) is 0 Å². The standard InChI is InChI=1S/C11H22N2S/c1-3-4-5-6-9(2)12-11(14)13-10-7-8-10/h9-10H,3-8H2,1-2H3,(H2,12,13,14). The lowest BCUT2D eigenvalue weighted by atomic mass is 10.1. The average Bonchev–Trinajstić information content (AvgIpc) is 2.88. The molecule has 0 radical (unpaired) electrons. The Morgan fingerprint density at radius 2 is 2.14 bits per heavy atom. The zero-order valence-electron chi connectivity index (χ0n) is 9.31. The van der Waals surface area contributed by atoms with Crippen LogP contribution in [0.1, 0.15) is 52.4 Å². The van der Waals surface area contributed by atoms with Gasteiger partial charge >= 0.3 is 0 Å². The first-order chi connectivity index (χ1) is 6.72. The van der Waals surface area contributed by atoms with Crippen molar-refractivity contribution >= 4 is 17.3 Å². The Labute approximate surface area is 92.8 Å². The monoisotopic (exact) mass is 214 g/mol. The zero-order valence-corrected chi connectivity index (χ0v) is 10.1. The van der Waals surface area contributed by atoms with Crippen molar-refractivity contribution < 1.29 is 0 Å². The van der Waals surface area contributed by atoms with Gasteiger partial charge in [-0.25, -0.2) is 0 Å². The van der Waals surface area contributed by atoms with Crippen molar-refractivity contribution in [1.29, 1.82) is 0 Å². The molecule has 1 fully saturated rings. The molecule has 3 heteroatoms. The van der Waals surface area contributed by atoms with Crippen LogP contribution in [0.25, 0.3) is 0 Å². The molecule has 1 unspecified atom stereocenters. The van der Waals surface area contributed by atoms with Gasteiger partial charge in [0, 0.05) is 12.1 Å². The van der Waals surface area contributed by atoms with E-state index < -0.39 is 0 Å². The van der Waals surface area contributed by atoms with E-state index in [0.29, 0.717) is 12.1 Å². The van der Waals surface area contributed by atoms with Gasteiger partial charge in [0.2, 0.25) is 0 Å². The number of nitrogens with one attached hydrogen (secondary N) is 2. The first-order valence-electron chi connectivity index (χ1n) is 5.79. The lowest BCUT2D eigenvalue weighted by molar-refractivity contribution is 0.550. The van der Waals surface area contributed by atoms with Crippen molar-refractivity contribution in [2.75, 3.05) is 0 Å². The van der Waals surface area contributed by atoms with Crippen molar-refractivity contribution in [2.45, 2.75) is 64.5 Å². The third-order valence-electron chi connectivity index (χ3n) is 2.53. The summed E-state index contributed by atoms with van der Waals surface area (Å²) in [6, 6.07) is 1.18. The predicted octanol–water partition coefficient (Wildman–Crippen LogP) is 2.58. The second-order valence-corrected chi connectivity index (χ2v) is 4.70. The summed E-state index contributed by atoms with van der Waals surface area (Å²) in [4.78, 5) is 0. The zero-order chi connectivity index (χ0) is 10.4. The molecule has 0 heterocycles. The molecule has 0 aromatic rings. The number of rotatable bonds is 6. The van der Waals surface area contributed by atoms with Crippen molar-refractivity contribution in [3.63, 3.8) is 0 Å². The summed E-state index contributed by atoms with van der Waals surface area (Å²) in [5, 5.41) is 7.47. The van der Waals surface area contributed by atoms with Gasteiger partial charge in [0.15, 0.2) is 5.11 Å². The predicted molar refractivity (Wildman–Crippen MR) is 65.5 cm³/mol. The number of thiocarbonyl (C=S) groups is 1. The Kier molecular flexibility index (Phi) is 5.23. The molecule has 2 nitrogen and oxygen atoms in total. The smallest absolute Gasteiger partial charge is 0.166 e. The number of hydrogen-bond donors (Lipinski definition) is 2. The third kappa shape index (κ3) is 5.43. The van der Waals surface area contributed by atoms with Crippen LogP contribution < -0.4 is 10.6 Å². The molecule has 14 heavy (non-hydrogen) atoms. The molecule has 0 saturated heterocycles. The molecule has 1 saturated carbocycles. The van der Waals surface area contributed by atoms with Crippen LogP contribution in [0.3, 0.4) is 0 Å². The lowest BCUT2D eigenvalue weighted by Crippen LogP contribution is -2.41. The van der Waals surface area contributed by atoms with E-state index in [1.165, 1.54) is 38.5 Å². The molecule has 0 aliphatic heterocycles. The molecular weight excluding hydrogens is 192 g/mol. The van der Waals surface area contributed by atoms with Crippen LogP contribution in [0.4, 0.5) is 0 Å². The molecule has 1 rings (SSSR count). The summed E-state index contributed by atoms with van der Waals surface area (Å²) in [6.45, 7) is 4.44. The van der Waals surface area contributed by atoms with E-state index in [1.54, 1.807) is 0 Å². The molecule has 0 aromatic carbocycles. The molecule has 1 aliphatic carbocycles. The fourth-order valence-corrected chi connectivity index (χ4v) is 1.82. The third-order valence-corrected chi connectivity index (χ3v) is 2.77. The minimum Gasteiger partial charge on any atom is -0.360 e. The summed E-state index contributed by atoms with van der Waals surface area (Å²) in [5.74, 6) is 0. The number of unbranched alkanes of at least 4 members (excludes halogenated alkanes) is 2. The van der Waals surface area contributed by atoms with E-state index in [0.717, 1.165) is 5.11 Å². The van der Waals surface area contributed by atoms with Gasteiger partial charge in [-0.2, -0.15) is 0 Å². The van der Waals surface area contributed by atoms with E-state index in [9.17, 15) is 0 Å². The molecule has 2 N–H and O–H groups in total. The van der Waals surface area contributed by atoms with Crippen molar-refractivity contribution in [3.05, 3.63) is 0 Å². The van der Waals surface area contributed by atoms with Crippen molar-refractivity contribution in [1.82, 2.24) is 10.6 Å². The molecule has 0 bridgehead atoms. The van der Waals surface area contributed by atoms with Gasteiger partial charge in [-0.05, 0) is 38.4 Å². The molecule has 1 aliphatic rings. The second-order valence-electron chi connectivity index (χ2n) is 4.29. The van der Waals surface area contributed by atoms with E-state index in [-0.39, 0.29) is 0 Å². The van der Waals surface area contributed by atoms with E-state index in [1.807, 2.05) is 0 Å². The topological polar surface area (TPSA) is 24.1 Å². The maximum atomic E-state index is 5.20. The van der Waals surface area contributed by atoms with Crippen molar-refractivity contribution in [3.8, 4) is 0 Å². The van der Waals surface area contributed by atoms with E-state index >= 15 is 0 Å². The maximum absolute atomic E-state index is 5.20. The maximum Gasteiger partial charge on any atom is 0.166 e. The van der Waals surface area contributed by atoms with Gasteiger partial charge in [-0.3, -0.25) is 0 Å². The van der Waals surface area contributed by atoms with Crippen LogP contribution >= 0.6 is 12.2 Å². The van der Waals surface area contributed by atoms with Crippen LogP contribution in [0, 0.1) is 0 Å². The summed E-state index contributed by atoms with van der Waals surface area (Å²) in [6.07, 6.45) is 7.71. The fraction of sp³-hybridized carbons (Fsp3) is 0.909. The fourth-order valence-electron chi connectivity index (χ4n) is 1.45. The largest absolute Gasteiger partial charge is 0.360 e. The first kappa shape index (κ1) is 11.8. The van der Waals surface area contributed by atoms with Crippen molar-refractivity contribution in [2.24, 2.45) is 0 Å². The molecule has 0 amide bonds. The van der Waals surface area contributed by atoms with Gasteiger partial charge in [0.05, 0.1) is 0 Å². The van der Waals surface area contributed by atoms with Crippen LogP contribution in [0.2, 0.25) is 0 Å². The van der Waals surface area contributed by atoms with E-state index in [2.05, 4.69) is 24.5 Å². The molecule has 82 valence electrons. The Morgan fingerprint density at radius 3 is 2.71 bits per heavy atom. The minimum atomic E-state index is 0.514. The summed E-state index contributed by atoms with van der Waals surface area (Å²) < 4.78 is 0. The normalized spacial score (nSPS) is 17.6. The number of hydrogen-bond acceptors (Lipinski definition) is 1. The lowest BCUT2D eigenvalue weighted by Gasteiger charge is -2.16. The Bertz CT molecular complexity index is 178. The minimum absolute atomic E-state index is 0.514. The van der Waals surface area contributed by atoms with Gasteiger partial charge in [0.25, 0.3) is 0 Å². The average molecular weight is 214 g/mol. The van der Waals surface area contributed by atoms with Crippen LogP contribution in [-0.2, 0) is 0 Å². The van der Waals surface area contributed by atoms with Gasteiger partial charge < -0.3 is 10.6 Å². The summed E-state index contributed by atoms with van der Waals surface area (Å²) in [7, 11) is 0. The van der Waals surface area contributed by atoms with Crippen LogP contribution in [-0.4, -0.2) is 17.2 Å². The first-order valence-corrected chi connectivity index (χ1v) is 6.20. The van der Waals surface area contributed by atoms with Crippen LogP contribution in [0.5, 0.6) is 0 Å². The highest BCUT2D eigenvalue weighted by Gasteiger charge is 2.21. The van der Waals surface area contributed by atoms with Gasteiger partial charge in [-0.1, -0.05) is 26.2 Å². The molecule has 0 aromatic heterocycles. The van der Waals surface area contributed by atoms with Gasteiger partial charge in [0.1, 0.15) is 0 Å². The molecule has 1 atom stereocenters. The quantitative estimate of drug-likeness (QED) is 0.525. The Hall–Kier alpha value is -0.310. The van der Waals surface area contributed by atoms with Gasteiger partial charge in [-0.15, -0.1) is 0 Å².